The SMILES string of the molecule is Cc1ccccc1CNC(=O)COC(=O)COc1ccc2ccccc2c1Br. The molecule has 1 N–H and O–H groups in total. The molecule has 0 spiro atoms. The topological polar surface area (TPSA) is 64.6 Å². The summed E-state index contributed by atoms with van der Waals surface area (Å²) in [6.07, 6.45) is 0. The monoisotopic (exact) mass is 441 g/mol. The summed E-state index contributed by atoms with van der Waals surface area (Å²) in [4.78, 5) is 23.8. The fourth-order valence-electron chi connectivity index (χ4n) is 2.70. The number of aryl methyl sites for hydroxylation is 1. The Morgan fingerprint density at radius 2 is 1.71 bits per heavy atom. The summed E-state index contributed by atoms with van der Waals surface area (Å²) >= 11 is 3.50. The number of halogens is 1. The van der Waals surface area contributed by atoms with Crippen molar-refractivity contribution in [1.29, 1.82) is 0 Å². The molecule has 1 amide bonds. The maximum atomic E-state index is 11.9. The summed E-state index contributed by atoms with van der Waals surface area (Å²) in [6.45, 7) is 1.75. The Morgan fingerprint density at radius 3 is 2.54 bits per heavy atom. The van der Waals surface area contributed by atoms with Crippen LogP contribution >= 0.6 is 15.9 Å². The molecule has 0 aromatic heterocycles. The highest BCUT2D eigenvalue weighted by molar-refractivity contribution is 9.10. The van der Waals surface area contributed by atoms with Crippen LogP contribution in [0.5, 0.6) is 5.75 Å². The van der Waals surface area contributed by atoms with E-state index in [4.69, 9.17) is 9.47 Å². The number of rotatable bonds is 7. The molecular formula is C22H20BrNO4. The van der Waals surface area contributed by atoms with Gasteiger partial charge < -0.3 is 14.8 Å². The van der Waals surface area contributed by atoms with E-state index in [0.29, 0.717) is 12.3 Å². The molecule has 0 aliphatic carbocycles. The minimum atomic E-state index is -0.605. The summed E-state index contributed by atoms with van der Waals surface area (Å²) in [5, 5.41) is 4.79. The van der Waals surface area contributed by atoms with Gasteiger partial charge in [-0.3, -0.25) is 4.79 Å². The molecule has 28 heavy (non-hydrogen) atoms. The van der Waals surface area contributed by atoms with Crippen LogP contribution in [-0.4, -0.2) is 25.1 Å². The van der Waals surface area contributed by atoms with Gasteiger partial charge in [0.25, 0.3) is 5.91 Å². The van der Waals surface area contributed by atoms with Crippen molar-refractivity contribution in [2.24, 2.45) is 0 Å². The number of carbonyl (C=O) groups is 2. The zero-order valence-corrected chi connectivity index (χ0v) is 17.0. The van der Waals surface area contributed by atoms with E-state index in [0.717, 1.165) is 26.4 Å². The van der Waals surface area contributed by atoms with Crippen molar-refractivity contribution >= 4 is 38.6 Å². The molecule has 0 unspecified atom stereocenters. The molecule has 3 rings (SSSR count). The lowest BCUT2D eigenvalue weighted by atomic mass is 10.1. The van der Waals surface area contributed by atoms with Gasteiger partial charge in [0, 0.05) is 6.54 Å². The Balaban J connectivity index is 1.45. The first kappa shape index (κ1) is 19.9. The summed E-state index contributed by atoms with van der Waals surface area (Å²) in [6, 6.07) is 19.3. The van der Waals surface area contributed by atoms with Crippen molar-refractivity contribution in [2.45, 2.75) is 13.5 Å². The van der Waals surface area contributed by atoms with Crippen molar-refractivity contribution in [2.75, 3.05) is 13.2 Å². The van der Waals surface area contributed by atoms with E-state index in [2.05, 4.69) is 21.2 Å². The minimum Gasteiger partial charge on any atom is -0.481 e. The average molecular weight is 442 g/mol. The number of ether oxygens (including phenoxy) is 2. The fourth-order valence-corrected chi connectivity index (χ4v) is 3.31. The zero-order chi connectivity index (χ0) is 19.9. The van der Waals surface area contributed by atoms with Crippen LogP contribution in [0.15, 0.2) is 65.1 Å². The number of carbonyl (C=O) groups excluding carboxylic acids is 2. The van der Waals surface area contributed by atoms with E-state index in [9.17, 15) is 9.59 Å². The highest BCUT2D eigenvalue weighted by Gasteiger charge is 2.11. The second kappa shape index (κ2) is 9.37. The van der Waals surface area contributed by atoms with Crippen molar-refractivity contribution in [3.8, 4) is 5.75 Å². The highest BCUT2D eigenvalue weighted by Crippen LogP contribution is 2.32. The van der Waals surface area contributed by atoms with Gasteiger partial charge >= 0.3 is 5.97 Å². The van der Waals surface area contributed by atoms with Gasteiger partial charge in [-0.05, 0) is 50.8 Å². The highest BCUT2D eigenvalue weighted by atomic mass is 79.9. The van der Waals surface area contributed by atoms with Gasteiger partial charge in [-0.1, -0.05) is 54.6 Å². The number of nitrogens with one attached hydrogen (secondary N) is 1. The smallest absolute Gasteiger partial charge is 0.344 e. The molecule has 0 heterocycles. The molecule has 0 aliphatic rings. The largest absolute Gasteiger partial charge is 0.481 e. The first-order valence-electron chi connectivity index (χ1n) is 8.81. The number of amides is 1. The molecule has 0 aliphatic heterocycles. The zero-order valence-electron chi connectivity index (χ0n) is 15.4. The molecule has 5 nitrogen and oxygen atoms in total. The number of benzene rings is 3. The van der Waals surface area contributed by atoms with E-state index < -0.39 is 5.97 Å². The van der Waals surface area contributed by atoms with Crippen LogP contribution in [0.4, 0.5) is 0 Å². The van der Waals surface area contributed by atoms with E-state index in [1.54, 1.807) is 6.07 Å². The molecule has 0 saturated carbocycles. The number of fused-ring (bicyclic) bond motifs is 1. The first-order valence-corrected chi connectivity index (χ1v) is 9.61. The second-order valence-electron chi connectivity index (χ2n) is 6.25. The van der Waals surface area contributed by atoms with Gasteiger partial charge in [0.2, 0.25) is 0 Å². The number of hydrogen-bond donors (Lipinski definition) is 1. The lowest BCUT2D eigenvalue weighted by molar-refractivity contribution is -0.150. The number of esters is 1. The van der Waals surface area contributed by atoms with Crippen molar-refractivity contribution in [1.82, 2.24) is 5.32 Å². The Bertz CT molecular complexity index is 1000. The van der Waals surface area contributed by atoms with Crippen LogP contribution in [0.3, 0.4) is 0 Å². The maximum absolute atomic E-state index is 11.9. The van der Waals surface area contributed by atoms with E-state index in [1.807, 2.05) is 61.5 Å². The van der Waals surface area contributed by atoms with Crippen LogP contribution in [-0.2, 0) is 20.9 Å². The van der Waals surface area contributed by atoms with Crippen LogP contribution in [0.25, 0.3) is 10.8 Å². The van der Waals surface area contributed by atoms with Gasteiger partial charge in [0.1, 0.15) is 5.75 Å². The fraction of sp³-hybridized carbons (Fsp3) is 0.182. The Hall–Kier alpha value is -2.86. The van der Waals surface area contributed by atoms with E-state index >= 15 is 0 Å². The molecule has 3 aromatic carbocycles. The number of hydrogen-bond acceptors (Lipinski definition) is 4. The third-order valence-corrected chi connectivity index (χ3v) is 5.09. The summed E-state index contributed by atoms with van der Waals surface area (Å²) < 4.78 is 11.3. The van der Waals surface area contributed by atoms with Gasteiger partial charge in [-0.15, -0.1) is 0 Å². The van der Waals surface area contributed by atoms with Crippen molar-refractivity contribution < 1.29 is 19.1 Å². The average Bonchev–Trinajstić information content (AvgIpc) is 2.71. The minimum absolute atomic E-state index is 0.276. The molecular weight excluding hydrogens is 422 g/mol. The van der Waals surface area contributed by atoms with Gasteiger partial charge in [-0.2, -0.15) is 0 Å². The van der Waals surface area contributed by atoms with Crippen molar-refractivity contribution in [3.05, 3.63) is 76.3 Å². The lowest BCUT2D eigenvalue weighted by Crippen LogP contribution is -2.29. The molecule has 3 aromatic rings. The molecule has 0 atom stereocenters. The predicted molar refractivity (Wildman–Crippen MR) is 111 cm³/mol. The van der Waals surface area contributed by atoms with Gasteiger partial charge in [0.15, 0.2) is 13.2 Å². The third kappa shape index (κ3) is 5.10. The second-order valence-corrected chi connectivity index (χ2v) is 7.04. The Kier molecular flexibility index (Phi) is 6.66. The Labute approximate surface area is 171 Å². The lowest BCUT2D eigenvalue weighted by Gasteiger charge is -2.11. The first-order chi connectivity index (χ1) is 13.5. The van der Waals surface area contributed by atoms with Crippen molar-refractivity contribution in [3.63, 3.8) is 0 Å². The normalized spacial score (nSPS) is 10.5. The molecule has 0 saturated heterocycles. The summed E-state index contributed by atoms with van der Waals surface area (Å²) in [5.74, 6) is -0.422. The van der Waals surface area contributed by atoms with E-state index in [-0.39, 0.29) is 19.1 Å². The van der Waals surface area contributed by atoms with E-state index in [1.165, 1.54) is 0 Å². The predicted octanol–water partition coefficient (Wildman–Crippen LogP) is 4.15. The summed E-state index contributed by atoms with van der Waals surface area (Å²) in [5.41, 5.74) is 2.11. The standard InChI is InChI=1S/C22H20BrNO4/c1-15-6-2-3-8-17(15)12-24-20(25)13-28-21(26)14-27-19-11-10-16-7-4-5-9-18(16)22(19)23/h2-11H,12-14H2,1H3,(H,24,25). The molecule has 6 heteroatoms. The van der Waals surface area contributed by atoms with Gasteiger partial charge in [0.05, 0.1) is 4.47 Å². The molecule has 144 valence electrons. The Morgan fingerprint density at radius 1 is 0.964 bits per heavy atom. The van der Waals surface area contributed by atoms with Crippen LogP contribution in [0.2, 0.25) is 0 Å². The third-order valence-electron chi connectivity index (χ3n) is 4.27. The van der Waals surface area contributed by atoms with Crippen LogP contribution in [0, 0.1) is 6.92 Å². The maximum Gasteiger partial charge on any atom is 0.344 e. The van der Waals surface area contributed by atoms with Crippen LogP contribution in [0.1, 0.15) is 11.1 Å². The quantitative estimate of drug-likeness (QED) is 0.559. The van der Waals surface area contributed by atoms with Crippen LogP contribution < -0.4 is 10.1 Å². The summed E-state index contributed by atoms with van der Waals surface area (Å²) in [7, 11) is 0. The van der Waals surface area contributed by atoms with Gasteiger partial charge in [-0.25, -0.2) is 4.79 Å². The molecule has 0 fully saturated rings. The molecule has 0 bridgehead atoms. The molecule has 0 radical (unpaired) electrons.